The maximum Gasteiger partial charge on any atom is 0.249 e. The molecule has 354 valence electrons. The molecule has 4 aromatic heterocycles. The predicted molar refractivity (Wildman–Crippen MR) is 255 cm³/mol. The van der Waals surface area contributed by atoms with Crippen molar-refractivity contribution in [2.75, 3.05) is 54.4 Å². The molecule has 1 saturated carbocycles. The first-order valence-corrected chi connectivity index (χ1v) is 24.5. The van der Waals surface area contributed by atoms with Crippen LogP contribution in [0.3, 0.4) is 0 Å². The number of anilines is 3. The molecule has 16 nitrogen and oxygen atoms in total. The van der Waals surface area contributed by atoms with Crippen LogP contribution in [0.15, 0.2) is 67.4 Å². The van der Waals surface area contributed by atoms with E-state index in [-0.39, 0.29) is 47.3 Å². The number of carbonyl (C=O) groups excluding carboxylic acids is 4. The Labute approximate surface area is 395 Å². The van der Waals surface area contributed by atoms with Crippen molar-refractivity contribution in [2.45, 2.75) is 109 Å². The molecule has 1 aromatic carbocycles. The van der Waals surface area contributed by atoms with E-state index in [0.29, 0.717) is 67.5 Å². The Morgan fingerprint density at radius 2 is 1.66 bits per heavy atom. The number of pyridine rings is 2. The van der Waals surface area contributed by atoms with E-state index >= 15 is 4.39 Å². The Morgan fingerprint density at radius 3 is 2.34 bits per heavy atom. The van der Waals surface area contributed by atoms with Gasteiger partial charge in [-0.2, -0.15) is 15.5 Å². The molecular weight excluding hydrogens is 864 g/mol. The molecular formula is C51H59FN12O4. The van der Waals surface area contributed by atoms with E-state index in [9.17, 15) is 24.4 Å². The van der Waals surface area contributed by atoms with Crippen LogP contribution < -0.4 is 25.8 Å². The van der Waals surface area contributed by atoms with E-state index in [1.165, 1.54) is 12.5 Å². The Balaban J connectivity index is 0.731. The standard InChI is InChI=1S/C51H59FN12O4/c1-2-51(50(68)58-38-4-3-5-38)16-22-61(23-17-51)45-10-6-34(28-54-45)41-25-35(31-64-48(41)36(27-53)29-56-64)37-30-55-63(32-37)40-14-20-62(21-15-40)47(66)24-33-12-18-60(19-13-33)44-9-7-39(26-42(44)52)57-43-8-11-46(65)59-49(43)67/h6-7,9-10,25-26,28-33,38,40,43,57H,2-5,8,11-24H2,1H3,(H,58,68)(H,59,65,67). The van der Waals surface area contributed by atoms with Crippen molar-refractivity contribution in [1.82, 2.24) is 39.9 Å². The number of hydrogen-bond acceptors (Lipinski definition) is 11. The number of nitrogens with one attached hydrogen (secondary N) is 3. The lowest BCUT2D eigenvalue weighted by Crippen LogP contribution is -2.52. The second kappa shape index (κ2) is 19.0. The van der Waals surface area contributed by atoms with Gasteiger partial charge in [0.25, 0.3) is 0 Å². The number of amides is 4. The van der Waals surface area contributed by atoms with Crippen LogP contribution in [0.5, 0.6) is 0 Å². The number of imide groups is 1. The zero-order valence-electron chi connectivity index (χ0n) is 38.6. The molecule has 68 heavy (non-hydrogen) atoms. The third-order valence-corrected chi connectivity index (χ3v) is 15.5. The molecule has 5 fully saturated rings. The minimum absolute atomic E-state index is 0.140. The minimum Gasteiger partial charge on any atom is -0.374 e. The van der Waals surface area contributed by atoms with Crippen molar-refractivity contribution >= 4 is 46.3 Å². The van der Waals surface area contributed by atoms with Gasteiger partial charge >= 0.3 is 0 Å². The van der Waals surface area contributed by atoms with Gasteiger partial charge in [-0.05, 0) is 113 Å². The number of fused-ring (bicyclic) bond motifs is 1. The molecule has 3 N–H and O–H groups in total. The first kappa shape index (κ1) is 45.0. The van der Waals surface area contributed by atoms with Crippen molar-refractivity contribution < 1.29 is 23.6 Å². The fraction of sp³-hybridized carbons (Fsp3) is 0.490. The van der Waals surface area contributed by atoms with E-state index < -0.39 is 11.9 Å². The Bertz CT molecular complexity index is 2730. The Morgan fingerprint density at radius 1 is 0.868 bits per heavy atom. The van der Waals surface area contributed by atoms with Crippen molar-refractivity contribution in [3.8, 4) is 28.3 Å². The normalized spacial score (nSPS) is 20.5. The minimum atomic E-state index is -0.580. The number of piperidine rings is 4. The van der Waals surface area contributed by atoms with Gasteiger partial charge in [0.15, 0.2) is 0 Å². The zero-order valence-corrected chi connectivity index (χ0v) is 38.6. The van der Waals surface area contributed by atoms with Crippen LogP contribution >= 0.6 is 0 Å². The largest absolute Gasteiger partial charge is 0.374 e. The summed E-state index contributed by atoms with van der Waals surface area (Å²) in [5, 5.41) is 28.1. The highest BCUT2D eigenvalue weighted by molar-refractivity contribution is 6.01. The van der Waals surface area contributed by atoms with Crippen molar-refractivity contribution in [2.24, 2.45) is 11.3 Å². The molecule has 4 aliphatic heterocycles. The van der Waals surface area contributed by atoms with Gasteiger partial charge in [-0.15, -0.1) is 0 Å². The van der Waals surface area contributed by atoms with Crippen LogP contribution in [0.4, 0.5) is 21.6 Å². The highest BCUT2D eigenvalue weighted by Crippen LogP contribution is 2.39. The summed E-state index contributed by atoms with van der Waals surface area (Å²) < 4.78 is 19.1. The zero-order chi connectivity index (χ0) is 46.9. The number of rotatable bonds is 12. The molecule has 10 rings (SSSR count). The highest BCUT2D eigenvalue weighted by atomic mass is 19.1. The van der Waals surface area contributed by atoms with Gasteiger partial charge in [0.1, 0.15) is 23.7 Å². The molecule has 4 amide bonds. The number of nitriles is 1. The molecule has 8 heterocycles. The molecule has 1 atom stereocenters. The smallest absolute Gasteiger partial charge is 0.249 e. The number of hydrogen-bond donors (Lipinski definition) is 3. The van der Waals surface area contributed by atoms with Crippen LogP contribution in [0.2, 0.25) is 0 Å². The number of halogens is 1. The van der Waals surface area contributed by atoms with Gasteiger partial charge in [-0.1, -0.05) is 6.92 Å². The lowest BCUT2D eigenvalue weighted by Gasteiger charge is -2.42. The van der Waals surface area contributed by atoms with Gasteiger partial charge in [-0.3, -0.25) is 29.2 Å². The number of benzene rings is 1. The predicted octanol–water partition coefficient (Wildman–Crippen LogP) is 6.62. The summed E-state index contributed by atoms with van der Waals surface area (Å²) in [6.45, 7) is 6.25. The van der Waals surface area contributed by atoms with E-state index in [0.717, 1.165) is 98.9 Å². The summed E-state index contributed by atoms with van der Waals surface area (Å²) in [5.41, 5.74) is 5.40. The molecule has 17 heteroatoms. The van der Waals surface area contributed by atoms with Crippen molar-refractivity contribution in [3.05, 3.63) is 78.8 Å². The third kappa shape index (κ3) is 9.12. The summed E-state index contributed by atoms with van der Waals surface area (Å²) >= 11 is 0. The lowest BCUT2D eigenvalue weighted by molar-refractivity contribution is -0.135. The number of carbonyl (C=O) groups is 4. The molecule has 0 spiro atoms. The van der Waals surface area contributed by atoms with E-state index in [1.807, 2.05) is 39.1 Å². The second-order valence-electron chi connectivity index (χ2n) is 19.5. The van der Waals surface area contributed by atoms with Crippen LogP contribution in [0.25, 0.3) is 27.8 Å². The van der Waals surface area contributed by atoms with Crippen LogP contribution in [-0.2, 0) is 19.2 Å². The number of likely N-dealkylation sites (tertiary alicyclic amines) is 1. The van der Waals surface area contributed by atoms with Gasteiger partial charge in [0, 0.05) is 105 Å². The number of aromatic nitrogens is 5. The Hall–Kier alpha value is -6.83. The van der Waals surface area contributed by atoms with Gasteiger partial charge in [0.2, 0.25) is 23.6 Å². The van der Waals surface area contributed by atoms with E-state index in [2.05, 4.69) is 57.3 Å². The summed E-state index contributed by atoms with van der Waals surface area (Å²) in [5.74, 6) is 0.401. The van der Waals surface area contributed by atoms with E-state index in [1.54, 1.807) is 22.8 Å². The maximum absolute atomic E-state index is 15.3. The quantitative estimate of drug-likeness (QED) is 0.114. The fourth-order valence-electron chi connectivity index (χ4n) is 10.8. The average Bonchev–Trinajstić information content (AvgIpc) is 4.02. The fourth-order valence-corrected chi connectivity index (χ4v) is 10.8. The Kier molecular flexibility index (Phi) is 12.6. The topological polar surface area (TPSA) is 186 Å². The van der Waals surface area contributed by atoms with Crippen molar-refractivity contribution in [3.63, 3.8) is 0 Å². The molecule has 0 radical (unpaired) electrons. The summed E-state index contributed by atoms with van der Waals surface area (Å²) in [7, 11) is 0. The third-order valence-electron chi connectivity index (χ3n) is 15.5. The molecule has 4 saturated heterocycles. The van der Waals surface area contributed by atoms with Crippen LogP contribution in [0, 0.1) is 28.5 Å². The average molecular weight is 923 g/mol. The summed E-state index contributed by atoms with van der Waals surface area (Å²) in [6.07, 6.45) is 19.3. The maximum atomic E-state index is 15.3. The van der Waals surface area contributed by atoms with Gasteiger partial charge in [-0.25, -0.2) is 13.9 Å². The molecule has 5 aliphatic rings. The van der Waals surface area contributed by atoms with Crippen LogP contribution in [-0.4, -0.2) is 104 Å². The SMILES string of the molecule is CCC1(C(=O)NC2CCC2)CCN(c2ccc(-c3cc(-c4cnn(C5CCN(C(=O)CC6CCN(c7ccc(NC8CCC(=O)NC8=O)cc7F)CC6)CC5)c4)cn4ncc(C#N)c34)cn2)CC1. The molecule has 1 aliphatic carbocycles. The molecule has 0 bridgehead atoms. The van der Waals surface area contributed by atoms with E-state index in [4.69, 9.17) is 10.1 Å². The first-order chi connectivity index (χ1) is 33.1. The van der Waals surface area contributed by atoms with Crippen molar-refractivity contribution in [1.29, 1.82) is 5.26 Å². The molecule has 5 aromatic rings. The van der Waals surface area contributed by atoms with Gasteiger partial charge < -0.3 is 25.3 Å². The highest BCUT2D eigenvalue weighted by Gasteiger charge is 2.41. The lowest BCUT2D eigenvalue weighted by atomic mass is 9.74. The molecule has 1 unspecified atom stereocenters. The monoisotopic (exact) mass is 922 g/mol. The summed E-state index contributed by atoms with van der Waals surface area (Å²) in [6, 6.07) is 13.3. The second-order valence-corrected chi connectivity index (χ2v) is 19.5. The first-order valence-electron chi connectivity index (χ1n) is 24.5. The summed E-state index contributed by atoms with van der Waals surface area (Å²) in [4.78, 5) is 61.7. The van der Waals surface area contributed by atoms with Gasteiger partial charge in [0.05, 0.1) is 40.6 Å². The van der Waals surface area contributed by atoms with Crippen LogP contribution in [0.1, 0.15) is 102 Å². The number of nitrogens with zero attached hydrogens (tertiary/aromatic N) is 9.